The van der Waals surface area contributed by atoms with Gasteiger partial charge in [0.15, 0.2) is 0 Å². The van der Waals surface area contributed by atoms with Crippen molar-refractivity contribution in [3.63, 3.8) is 0 Å². The number of carbonyl (C=O) groups is 1. The molecule has 1 N–H and O–H groups in total. The third-order valence-electron chi connectivity index (χ3n) is 3.91. The third-order valence-corrected chi connectivity index (χ3v) is 3.91. The smallest absolute Gasteiger partial charge is 0.306 e. The Kier molecular flexibility index (Phi) is 5.13. The molecule has 0 amide bonds. The summed E-state index contributed by atoms with van der Waals surface area (Å²) in [5, 5.41) is 9.17. The molecule has 0 radical (unpaired) electrons. The lowest BCUT2D eigenvalue weighted by Gasteiger charge is -2.33. The Balaban J connectivity index is 2.52. The minimum Gasteiger partial charge on any atom is -0.481 e. The summed E-state index contributed by atoms with van der Waals surface area (Å²) in [7, 11) is 0. The number of unbranched alkanes of at least 4 members (excludes halogenated alkanes) is 1. The molecule has 1 rings (SSSR count). The number of aliphatic carboxylic acids is 1. The zero-order valence-electron chi connectivity index (χ0n) is 10.0. The monoisotopic (exact) mass is 212 g/mol. The number of carboxylic acid groups (broad SMARTS) is 1. The molecule has 88 valence electrons. The third kappa shape index (κ3) is 3.51. The average Bonchev–Trinajstić information content (AvgIpc) is 2.25. The number of hydrogen-bond donors (Lipinski definition) is 1. The maximum Gasteiger partial charge on any atom is 0.306 e. The molecule has 3 atom stereocenters. The predicted octanol–water partition coefficient (Wildman–Crippen LogP) is 3.70. The summed E-state index contributed by atoms with van der Waals surface area (Å²) in [6.45, 7) is 4.40. The quantitative estimate of drug-likeness (QED) is 0.754. The number of hydrogen-bond acceptors (Lipinski definition) is 1. The Morgan fingerprint density at radius 3 is 2.60 bits per heavy atom. The minimum absolute atomic E-state index is 0.0562. The van der Waals surface area contributed by atoms with Crippen LogP contribution in [0, 0.1) is 17.8 Å². The van der Waals surface area contributed by atoms with Crippen LogP contribution in [0.1, 0.15) is 58.8 Å². The molecule has 0 aliphatic heterocycles. The maximum atomic E-state index is 11.1. The van der Waals surface area contributed by atoms with Gasteiger partial charge in [0.2, 0.25) is 0 Å². The zero-order chi connectivity index (χ0) is 11.3. The lowest BCUT2D eigenvalue weighted by molar-refractivity contribution is -0.145. The van der Waals surface area contributed by atoms with Gasteiger partial charge in [-0.25, -0.2) is 0 Å². The van der Waals surface area contributed by atoms with E-state index in [0.29, 0.717) is 5.92 Å². The van der Waals surface area contributed by atoms with E-state index in [9.17, 15) is 4.79 Å². The molecule has 0 heterocycles. The van der Waals surface area contributed by atoms with Crippen molar-refractivity contribution < 1.29 is 9.90 Å². The van der Waals surface area contributed by atoms with E-state index in [2.05, 4.69) is 13.8 Å². The lowest BCUT2D eigenvalue weighted by atomic mass is 9.71. The van der Waals surface area contributed by atoms with Crippen LogP contribution >= 0.6 is 0 Å². The Morgan fingerprint density at radius 1 is 1.33 bits per heavy atom. The minimum atomic E-state index is -0.564. The van der Waals surface area contributed by atoms with E-state index in [-0.39, 0.29) is 5.92 Å². The molecule has 3 unspecified atom stereocenters. The fourth-order valence-corrected chi connectivity index (χ4v) is 2.84. The van der Waals surface area contributed by atoms with E-state index in [1.165, 1.54) is 19.3 Å². The van der Waals surface area contributed by atoms with Gasteiger partial charge in [0.25, 0.3) is 0 Å². The topological polar surface area (TPSA) is 37.3 Å². The molecule has 0 bridgehead atoms. The highest BCUT2D eigenvalue weighted by Crippen LogP contribution is 2.38. The van der Waals surface area contributed by atoms with Crippen molar-refractivity contribution in [2.24, 2.45) is 17.8 Å². The highest BCUT2D eigenvalue weighted by Gasteiger charge is 2.33. The summed E-state index contributed by atoms with van der Waals surface area (Å²) in [4.78, 5) is 11.1. The van der Waals surface area contributed by atoms with Crippen LogP contribution < -0.4 is 0 Å². The van der Waals surface area contributed by atoms with Crippen LogP contribution in [0.4, 0.5) is 0 Å². The van der Waals surface area contributed by atoms with E-state index in [0.717, 1.165) is 31.6 Å². The Bertz CT molecular complexity index is 201. The van der Waals surface area contributed by atoms with Gasteiger partial charge in [0, 0.05) is 0 Å². The summed E-state index contributed by atoms with van der Waals surface area (Å²) in [6, 6.07) is 0. The van der Waals surface area contributed by atoms with Crippen molar-refractivity contribution in [3.05, 3.63) is 0 Å². The summed E-state index contributed by atoms with van der Waals surface area (Å²) in [5.41, 5.74) is 0. The normalized spacial score (nSPS) is 31.5. The molecule has 1 saturated carbocycles. The van der Waals surface area contributed by atoms with E-state index in [1.54, 1.807) is 0 Å². The molecule has 1 fully saturated rings. The number of rotatable bonds is 5. The van der Waals surface area contributed by atoms with Gasteiger partial charge in [-0.15, -0.1) is 0 Å². The molecule has 1 aliphatic carbocycles. The van der Waals surface area contributed by atoms with Crippen LogP contribution in [0.5, 0.6) is 0 Å². The largest absolute Gasteiger partial charge is 0.481 e. The molecule has 1 aliphatic rings. The van der Waals surface area contributed by atoms with Crippen LogP contribution in [0.2, 0.25) is 0 Å². The zero-order valence-corrected chi connectivity index (χ0v) is 10.0. The van der Waals surface area contributed by atoms with Crippen LogP contribution in [-0.2, 0) is 4.79 Å². The Morgan fingerprint density at radius 2 is 2.07 bits per heavy atom. The summed E-state index contributed by atoms with van der Waals surface area (Å²) < 4.78 is 0. The fourth-order valence-electron chi connectivity index (χ4n) is 2.84. The van der Waals surface area contributed by atoms with Crippen molar-refractivity contribution in [2.45, 2.75) is 58.8 Å². The molecule has 15 heavy (non-hydrogen) atoms. The van der Waals surface area contributed by atoms with Crippen molar-refractivity contribution in [3.8, 4) is 0 Å². The van der Waals surface area contributed by atoms with Crippen molar-refractivity contribution in [2.75, 3.05) is 0 Å². The van der Waals surface area contributed by atoms with Crippen LogP contribution in [0.25, 0.3) is 0 Å². The summed E-state index contributed by atoms with van der Waals surface area (Å²) in [5.74, 6) is 0.605. The molecule has 2 nitrogen and oxygen atoms in total. The second-order valence-electron chi connectivity index (χ2n) is 4.93. The highest BCUT2D eigenvalue weighted by atomic mass is 16.4. The first-order chi connectivity index (χ1) is 7.19. The van der Waals surface area contributed by atoms with Gasteiger partial charge in [-0.1, -0.05) is 33.1 Å². The molecule has 0 aromatic carbocycles. The van der Waals surface area contributed by atoms with Gasteiger partial charge in [-0.3, -0.25) is 4.79 Å². The molecule has 0 spiro atoms. The molecular weight excluding hydrogens is 188 g/mol. The first-order valence-electron chi connectivity index (χ1n) is 6.41. The fraction of sp³-hybridized carbons (Fsp3) is 0.923. The standard InChI is InChI=1S/C13H24O2/c1-3-5-6-11-9-10(4-2)7-8-12(11)13(14)15/h10-12H,3-9H2,1-2H3,(H,14,15). The van der Waals surface area contributed by atoms with Gasteiger partial charge >= 0.3 is 5.97 Å². The lowest BCUT2D eigenvalue weighted by Crippen LogP contribution is -2.30. The molecule has 0 saturated heterocycles. The first-order valence-corrected chi connectivity index (χ1v) is 6.41. The Hall–Kier alpha value is -0.530. The van der Waals surface area contributed by atoms with Crippen molar-refractivity contribution >= 4 is 5.97 Å². The van der Waals surface area contributed by atoms with E-state index < -0.39 is 5.97 Å². The first kappa shape index (κ1) is 12.5. The second kappa shape index (κ2) is 6.14. The van der Waals surface area contributed by atoms with E-state index in [1.807, 2.05) is 0 Å². The molecule has 0 aromatic heterocycles. The van der Waals surface area contributed by atoms with Gasteiger partial charge < -0.3 is 5.11 Å². The summed E-state index contributed by atoms with van der Waals surface area (Å²) >= 11 is 0. The average molecular weight is 212 g/mol. The van der Waals surface area contributed by atoms with Crippen LogP contribution in [-0.4, -0.2) is 11.1 Å². The van der Waals surface area contributed by atoms with Gasteiger partial charge in [-0.2, -0.15) is 0 Å². The van der Waals surface area contributed by atoms with Gasteiger partial charge in [-0.05, 0) is 37.5 Å². The molecule has 0 aromatic rings. The molecule has 2 heteroatoms. The molecular formula is C13H24O2. The SMILES string of the molecule is CCCCC1CC(CC)CCC1C(=O)O. The van der Waals surface area contributed by atoms with Crippen LogP contribution in [0.15, 0.2) is 0 Å². The van der Waals surface area contributed by atoms with Gasteiger partial charge in [0.1, 0.15) is 0 Å². The van der Waals surface area contributed by atoms with E-state index >= 15 is 0 Å². The van der Waals surface area contributed by atoms with Crippen LogP contribution in [0.3, 0.4) is 0 Å². The van der Waals surface area contributed by atoms with Gasteiger partial charge in [0.05, 0.1) is 5.92 Å². The highest BCUT2D eigenvalue weighted by molar-refractivity contribution is 5.70. The number of carboxylic acids is 1. The Labute approximate surface area is 93.1 Å². The maximum absolute atomic E-state index is 11.1. The van der Waals surface area contributed by atoms with Crippen molar-refractivity contribution in [1.29, 1.82) is 0 Å². The van der Waals surface area contributed by atoms with E-state index in [4.69, 9.17) is 5.11 Å². The second-order valence-corrected chi connectivity index (χ2v) is 4.93. The summed E-state index contributed by atoms with van der Waals surface area (Å²) in [6.07, 6.45) is 7.87. The van der Waals surface area contributed by atoms with Crippen molar-refractivity contribution in [1.82, 2.24) is 0 Å². The predicted molar refractivity (Wildman–Crippen MR) is 61.8 cm³/mol.